The summed E-state index contributed by atoms with van der Waals surface area (Å²) in [6.45, 7) is 0. The van der Waals surface area contributed by atoms with E-state index in [2.05, 4.69) is 0 Å². The second-order valence-corrected chi connectivity index (χ2v) is 4.95. The minimum absolute atomic E-state index is 0.113. The normalized spacial score (nSPS) is 10.3. The van der Waals surface area contributed by atoms with E-state index in [1.807, 2.05) is 0 Å². The fourth-order valence-electron chi connectivity index (χ4n) is 1.97. The molecule has 6 heteroatoms. The highest BCUT2D eigenvalue weighted by atomic mass is 35.5. The van der Waals surface area contributed by atoms with Crippen LogP contribution in [0.25, 0.3) is 11.1 Å². The SMILES string of the molecule is COc1ccc(-c2ccc(C(=O)O)cc2Cl)c(OC)c1Cl. The standard InChI is InChI=1S/C15H12Cl2O4/c1-20-12-6-5-10(14(21-2)13(12)17)9-4-3-8(15(18)19)7-11(9)16/h3-7H,1-2H3,(H,18,19). The van der Waals surface area contributed by atoms with Gasteiger partial charge in [-0.1, -0.05) is 29.3 Å². The zero-order valence-corrected chi connectivity index (χ0v) is 12.8. The third-order valence-electron chi connectivity index (χ3n) is 2.99. The van der Waals surface area contributed by atoms with E-state index in [4.69, 9.17) is 37.8 Å². The van der Waals surface area contributed by atoms with E-state index in [9.17, 15) is 4.79 Å². The van der Waals surface area contributed by atoms with Gasteiger partial charge in [-0.3, -0.25) is 0 Å². The molecule has 0 aliphatic carbocycles. The summed E-state index contributed by atoms with van der Waals surface area (Å²) in [4.78, 5) is 10.9. The van der Waals surface area contributed by atoms with Gasteiger partial charge in [0.1, 0.15) is 16.5 Å². The molecule has 110 valence electrons. The number of rotatable bonds is 4. The van der Waals surface area contributed by atoms with Crippen LogP contribution in [0, 0.1) is 0 Å². The van der Waals surface area contributed by atoms with Crippen molar-refractivity contribution >= 4 is 29.2 Å². The number of hydrogen-bond donors (Lipinski definition) is 1. The molecule has 0 amide bonds. The van der Waals surface area contributed by atoms with Gasteiger partial charge in [0.05, 0.1) is 19.8 Å². The first-order chi connectivity index (χ1) is 9.99. The van der Waals surface area contributed by atoms with Gasteiger partial charge in [-0.2, -0.15) is 0 Å². The summed E-state index contributed by atoms with van der Waals surface area (Å²) in [6.07, 6.45) is 0. The lowest BCUT2D eigenvalue weighted by atomic mass is 10.0. The van der Waals surface area contributed by atoms with Crippen LogP contribution in [0.1, 0.15) is 10.4 Å². The Bertz CT molecular complexity index is 698. The molecule has 0 atom stereocenters. The molecule has 4 nitrogen and oxygen atoms in total. The molecule has 2 aromatic rings. The van der Waals surface area contributed by atoms with E-state index in [0.29, 0.717) is 32.7 Å². The molecular weight excluding hydrogens is 315 g/mol. The highest BCUT2D eigenvalue weighted by molar-refractivity contribution is 6.35. The molecule has 0 aromatic heterocycles. The second-order valence-electron chi connectivity index (χ2n) is 4.16. The highest BCUT2D eigenvalue weighted by Crippen LogP contribution is 2.43. The fourth-order valence-corrected chi connectivity index (χ4v) is 2.58. The van der Waals surface area contributed by atoms with Gasteiger partial charge in [0.25, 0.3) is 0 Å². The van der Waals surface area contributed by atoms with E-state index in [1.165, 1.54) is 26.4 Å². The second kappa shape index (κ2) is 6.24. The number of benzene rings is 2. The molecule has 0 fully saturated rings. The lowest BCUT2D eigenvalue weighted by molar-refractivity contribution is 0.0697. The Kier molecular flexibility index (Phi) is 4.60. The third-order valence-corrected chi connectivity index (χ3v) is 3.66. The molecule has 21 heavy (non-hydrogen) atoms. The maximum atomic E-state index is 10.9. The van der Waals surface area contributed by atoms with Crippen LogP contribution in [0.5, 0.6) is 11.5 Å². The number of hydrogen-bond acceptors (Lipinski definition) is 3. The van der Waals surface area contributed by atoms with Gasteiger partial charge in [0.2, 0.25) is 0 Å². The molecule has 2 rings (SSSR count). The van der Waals surface area contributed by atoms with E-state index in [-0.39, 0.29) is 5.56 Å². The number of halogens is 2. The van der Waals surface area contributed by atoms with Crippen molar-refractivity contribution in [1.82, 2.24) is 0 Å². The largest absolute Gasteiger partial charge is 0.495 e. The Morgan fingerprint density at radius 1 is 1.05 bits per heavy atom. The van der Waals surface area contributed by atoms with Crippen LogP contribution in [-0.2, 0) is 0 Å². The van der Waals surface area contributed by atoms with Gasteiger partial charge in [-0.05, 0) is 24.3 Å². The number of carboxylic acids is 1. The number of ether oxygens (including phenoxy) is 2. The lowest BCUT2D eigenvalue weighted by Crippen LogP contribution is -1.97. The summed E-state index contributed by atoms with van der Waals surface area (Å²) in [7, 11) is 3.00. The van der Waals surface area contributed by atoms with Crippen molar-refractivity contribution in [2.45, 2.75) is 0 Å². The Morgan fingerprint density at radius 2 is 1.71 bits per heavy atom. The van der Waals surface area contributed by atoms with Crippen LogP contribution < -0.4 is 9.47 Å². The quantitative estimate of drug-likeness (QED) is 0.906. The Hall–Kier alpha value is -1.91. The van der Waals surface area contributed by atoms with Crippen molar-refractivity contribution in [1.29, 1.82) is 0 Å². The Morgan fingerprint density at radius 3 is 2.24 bits per heavy atom. The summed E-state index contributed by atoms with van der Waals surface area (Å²) >= 11 is 12.4. The first-order valence-electron chi connectivity index (χ1n) is 5.93. The van der Waals surface area contributed by atoms with Gasteiger partial charge in [0, 0.05) is 16.1 Å². The van der Waals surface area contributed by atoms with Crippen LogP contribution in [0.15, 0.2) is 30.3 Å². The first-order valence-corrected chi connectivity index (χ1v) is 6.69. The number of aromatic carboxylic acids is 1. The highest BCUT2D eigenvalue weighted by Gasteiger charge is 2.17. The van der Waals surface area contributed by atoms with E-state index < -0.39 is 5.97 Å². The summed E-state index contributed by atoms with van der Waals surface area (Å²) in [5, 5.41) is 9.59. The Labute approximate surface area is 131 Å². The number of carboxylic acid groups (broad SMARTS) is 1. The molecule has 0 spiro atoms. The van der Waals surface area contributed by atoms with Crippen molar-refractivity contribution in [2.24, 2.45) is 0 Å². The number of methoxy groups -OCH3 is 2. The lowest BCUT2D eigenvalue weighted by Gasteiger charge is -2.14. The zero-order chi connectivity index (χ0) is 15.6. The van der Waals surface area contributed by atoms with Crippen LogP contribution in [0.2, 0.25) is 10.0 Å². The van der Waals surface area contributed by atoms with Crippen LogP contribution in [0.3, 0.4) is 0 Å². The van der Waals surface area contributed by atoms with E-state index in [0.717, 1.165) is 0 Å². The zero-order valence-electron chi connectivity index (χ0n) is 11.3. The molecule has 0 radical (unpaired) electrons. The molecular formula is C15H12Cl2O4. The Balaban J connectivity index is 2.62. The molecule has 0 aliphatic rings. The maximum Gasteiger partial charge on any atom is 0.335 e. The monoisotopic (exact) mass is 326 g/mol. The summed E-state index contributed by atoms with van der Waals surface area (Å²) in [5.41, 5.74) is 1.40. The number of carbonyl (C=O) groups is 1. The maximum absolute atomic E-state index is 10.9. The van der Waals surface area contributed by atoms with Crippen LogP contribution >= 0.6 is 23.2 Å². The molecule has 0 saturated heterocycles. The van der Waals surface area contributed by atoms with Crippen molar-refractivity contribution in [3.8, 4) is 22.6 Å². The van der Waals surface area contributed by atoms with Gasteiger partial charge < -0.3 is 14.6 Å². The molecule has 0 bridgehead atoms. The molecule has 0 heterocycles. The van der Waals surface area contributed by atoms with Gasteiger partial charge >= 0.3 is 5.97 Å². The minimum atomic E-state index is -1.04. The predicted molar refractivity (Wildman–Crippen MR) is 82.0 cm³/mol. The molecule has 0 aliphatic heterocycles. The molecule has 0 saturated carbocycles. The van der Waals surface area contributed by atoms with Crippen molar-refractivity contribution in [2.75, 3.05) is 14.2 Å². The molecule has 2 aromatic carbocycles. The van der Waals surface area contributed by atoms with Gasteiger partial charge in [0.15, 0.2) is 0 Å². The summed E-state index contributed by atoms with van der Waals surface area (Å²) < 4.78 is 10.5. The third kappa shape index (κ3) is 2.91. The molecule has 1 N–H and O–H groups in total. The predicted octanol–water partition coefficient (Wildman–Crippen LogP) is 4.38. The minimum Gasteiger partial charge on any atom is -0.495 e. The summed E-state index contributed by atoms with van der Waals surface area (Å²) in [5.74, 6) is -0.139. The average Bonchev–Trinajstić information content (AvgIpc) is 2.46. The van der Waals surface area contributed by atoms with Crippen molar-refractivity contribution in [3.63, 3.8) is 0 Å². The van der Waals surface area contributed by atoms with Crippen molar-refractivity contribution in [3.05, 3.63) is 45.9 Å². The molecule has 0 unspecified atom stereocenters. The fraction of sp³-hybridized carbons (Fsp3) is 0.133. The van der Waals surface area contributed by atoms with Gasteiger partial charge in [-0.25, -0.2) is 4.79 Å². The smallest absolute Gasteiger partial charge is 0.335 e. The van der Waals surface area contributed by atoms with Crippen LogP contribution in [-0.4, -0.2) is 25.3 Å². The summed E-state index contributed by atoms with van der Waals surface area (Å²) in [6, 6.07) is 7.93. The average molecular weight is 327 g/mol. The van der Waals surface area contributed by atoms with Crippen LogP contribution in [0.4, 0.5) is 0 Å². The van der Waals surface area contributed by atoms with E-state index >= 15 is 0 Å². The first kappa shape index (κ1) is 15.5. The van der Waals surface area contributed by atoms with Crippen molar-refractivity contribution < 1.29 is 19.4 Å². The van der Waals surface area contributed by atoms with E-state index in [1.54, 1.807) is 18.2 Å². The topological polar surface area (TPSA) is 55.8 Å². The van der Waals surface area contributed by atoms with Gasteiger partial charge in [-0.15, -0.1) is 0 Å².